The van der Waals surface area contributed by atoms with Crippen molar-refractivity contribution < 1.29 is 42.6 Å². The average molecular weight is 416 g/mol. The predicted molar refractivity (Wildman–Crippen MR) is 83.0 cm³/mol. The molecule has 1 aromatic heterocycles. The van der Waals surface area contributed by atoms with Crippen LogP contribution in [0.4, 0.5) is 10.2 Å². The van der Waals surface area contributed by atoms with Gasteiger partial charge in [0.05, 0.1) is 12.9 Å². The third-order valence-electron chi connectivity index (χ3n) is 3.18. The summed E-state index contributed by atoms with van der Waals surface area (Å²) >= 11 is 0. The van der Waals surface area contributed by atoms with Gasteiger partial charge in [-0.15, -0.1) is 4.86 Å². The first-order valence-corrected chi connectivity index (χ1v) is 9.93. The van der Waals surface area contributed by atoms with Crippen LogP contribution in [0.2, 0.25) is 0 Å². The van der Waals surface area contributed by atoms with Crippen molar-refractivity contribution in [1.82, 2.24) is 14.4 Å². The maximum Gasteiger partial charge on any atom is 0.412 e. The lowest BCUT2D eigenvalue weighted by Gasteiger charge is -2.18. The number of rotatable bonds is 6. The lowest BCUT2D eigenvalue weighted by atomic mass is 10.1. The molecule has 1 saturated heterocycles. The second-order valence-electron chi connectivity index (χ2n) is 5.08. The number of halogens is 1. The molecule has 1 fully saturated rings. The summed E-state index contributed by atoms with van der Waals surface area (Å²) in [5.74, 6) is -0.0970. The van der Waals surface area contributed by atoms with E-state index in [-0.39, 0.29) is 12.1 Å². The number of aliphatic hydroxyl groups excluding tert-OH is 1. The summed E-state index contributed by atoms with van der Waals surface area (Å²) in [4.78, 5) is 42.8. The second kappa shape index (κ2) is 7.64. The highest BCUT2D eigenvalue weighted by atomic mass is 31.3. The molecule has 0 saturated carbocycles. The van der Waals surface area contributed by atoms with E-state index in [0.717, 1.165) is 15.6 Å². The maximum atomic E-state index is 13.1. The molecule has 16 heteroatoms. The zero-order valence-corrected chi connectivity index (χ0v) is 14.5. The van der Waals surface area contributed by atoms with Crippen LogP contribution >= 0.6 is 15.5 Å². The largest absolute Gasteiger partial charge is 0.412 e. The van der Waals surface area contributed by atoms with Gasteiger partial charge in [-0.1, -0.05) is 0 Å². The smallest absolute Gasteiger partial charge is 0.386 e. The van der Waals surface area contributed by atoms with Gasteiger partial charge < -0.3 is 30.3 Å². The quantitative estimate of drug-likeness (QED) is 0.300. The molecule has 2 rings (SSSR count). The Morgan fingerprint density at radius 3 is 2.65 bits per heavy atom. The molecular formula is C10H15FN4O9P2. The van der Waals surface area contributed by atoms with Gasteiger partial charge in [0.15, 0.2) is 6.23 Å². The van der Waals surface area contributed by atoms with Crippen LogP contribution in [0.1, 0.15) is 6.23 Å². The van der Waals surface area contributed by atoms with Crippen molar-refractivity contribution in [2.45, 2.75) is 18.4 Å². The highest BCUT2D eigenvalue weighted by Crippen LogP contribution is 2.49. The van der Waals surface area contributed by atoms with E-state index in [4.69, 9.17) is 20.3 Å². The molecule has 0 aromatic carbocycles. The van der Waals surface area contributed by atoms with Crippen LogP contribution in [0.25, 0.3) is 0 Å². The molecule has 0 radical (unpaired) electrons. The van der Waals surface area contributed by atoms with Crippen LogP contribution in [0.15, 0.2) is 29.0 Å². The van der Waals surface area contributed by atoms with Gasteiger partial charge in [0, 0.05) is 11.8 Å². The summed E-state index contributed by atoms with van der Waals surface area (Å²) < 4.78 is 45.8. The molecule has 0 bridgehead atoms. The minimum absolute atomic E-state index is 0.00936. The number of nitrogen functional groups attached to an aromatic ring is 1. The monoisotopic (exact) mass is 416 g/mol. The fourth-order valence-electron chi connectivity index (χ4n) is 2.13. The Morgan fingerprint density at radius 2 is 2.12 bits per heavy atom. The van der Waals surface area contributed by atoms with Crippen molar-refractivity contribution in [1.29, 1.82) is 0 Å². The number of aliphatic hydroxyl groups is 1. The third-order valence-corrected chi connectivity index (χ3v) is 5.74. The molecule has 146 valence electrons. The average Bonchev–Trinajstić information content (AvgIpc) is 2.79. The van der Waals surface area contributed by atoms with Crippen molar-refractivity contribution >= 4 is 21.3 Å². The topological polar surface area (TPSA) is 206 Å². The number of ether oxygens (including phenoxy) is 1. The summed E-state index contributed by atoms with van der Waals surface area (Å²) in [6.45, 7) is -0.854. The van der Waals surface area contributed by atoms with Gasteiger partial charge in [0.1, 0.15) is 18.0 Å². The minimum atomic E-state index is -5.08. The van der Waals surface area contributed by atoms with E-state index in [0.29, 0.717) is 0 Å². The second-order valence-corrected chi connectivity index (χ2v) is 8.27. The molecule has 0 aliphatic carbocycles. The van der Waals surface area contributed by atoms with Crippen molar-refractivity contribution in [2.75, 3.05) is 12.3 Å². The molecule has 1 aliphatic heterocycles. The van der Waals surface area contributed by atoms with Crippen LogP contribution < -0.4 is 16.3 Å². The first-order chi connectivity index (χ1) is 11.9. The van der Waals surface area contributed by atoms with Gasteiger partial charge in [0.2, 0.25) is 0 Å². The van der Waals surface area contributed by atoms with Gasteiger partial charge in [-0.05, 0) is 6.07 Å². The summed E-state index contributed by atoms with van der Waals surface area (Å²) in [6.07, 6.45) is -3.40. The number of hydrogen-bond acceptors (Lipinski definition) is 8. The lowest BCUT2D eigenvalue weighted by molar-refractivity contribution is -0.0413. The van der Waals surface area contributed by atoms with Gasteiger partial charge >= 0.3 is 21.2 Å². The SMILES string of the molecule is Nc1ccn([C@@H]2O[C@H](COP(=O)(O)NP(=O)(O)O)[C@@H](O)/C2=C\F)c(=O)n1. The van der Waals surface area contributed by atoms with E-state index < -0.39 is 51.8 Å². The number of anilines is 1. The Morgan fingerprint density at radius 1 is 1.46 bits per heavy atom. The van der Waals surface area contributed by atoms with Crippen LogP contribution in [-0.4, -0.2) is 48.2 Å². The Hall–Kier alpha value is -1.47. The van der Waals surface area contributed by atoms with E-state index in [1.165, 1.54) is 6.07 Å². The van der Waals surface area contributed by atoms with E-state index in [1.54, 1.807) is 0 Å². The first kappa shape index (κ1) is 20.8. The lowest BCUT2D eigenvalue weighted by Crippen LogP contribution is -2.28. The summed E-state index contributed by atoms with van der Waals surface area (Å²) in [6, 6.07) is 1.22. The zero-order chi connectivity index (χ0) is 19.7. The Labute approximate surface area is 144 Å². The summed E-state index contributed by atoms with van der Waals surface area (Å²) in [5, 5.41) is 10.0. The van der Waals surface area contributed by atoms with E-state index in [2.05, 4.69) is 9.51 Å². The standard InChI is InChI=1S/C10H15FN4O9P2/c11-3-5-8(16)6(4-23-26(21,22)14-25(18,19)20)24-9(5)15-2-1-7(12)13-10(15)17/h1-3,6,8-9,16H,4H2,(H2,12,13,17)(H4,14,18,19,20,21,22)/b5-3+/t6-,8+,9-/m1/s1. The number of hydrogen-bond donors (Lipinski definition) is 6. The van der Waals surface area contributed by atoms with Crippen molar-refractivity contribution in [3.63, 3.8) is 0 Å². The Balaban J connectivity index is 2.16. The molecule has 1 aliphatic rings. The zero-order valence-electron chi connectivity index (χ0n) is 12.7. The maximum absolute atomic E-state index is 13.1. The van der Waals surface area contributed by atoms with E-state index in [1.807, 2.05) is 0 Å². The highest BCUT2D eigenvalue weighted by Gasteiger charge is 2.42. The van der Waals surface area contributed by atoms with Crippen LogP contribution in [0, 0.1) is 0 Å². The van der Waals surface area contributed by atoms with Gasteiger partial charge in [-0.25, -0.2) is 18.3 Å². The molecule has 7 N–H and O–H groups in total. The molecular weight excluding hydrogens is 401 g/mol. The molecule has 26 heavy (non-hydrogen) atoms. The van der Waals surface area contributed by atoms with Crippen molar-refractivity contribution in [3.05, 3.63) is 34.7 Å². The van der Waals surface area contributed by atoms with Crippen LogP contribution in [0.5, 0.6) is 0 Å². The van der Waals surface area contributed by atoms with Crippen LogP contribution in [-0.2, 0) is 18.4 Å². The fourth-order valence-corrected chi connectivity index (χ4v) is 4.02. The molecule has 0 spiro atoms. The number of nitrogens with two attached hydrogens (primary N) is 1. The van der Waals surface area contributed by atoms with Gasteiger partial charge in [0.25, 0.3) is 0 Å². The normalized spacial score (nSPS) is 27.6. The fraction of sp³-hybridized carbons (Fsp3) is 0.400. The Bertz CT molecular complexity index is 855. The molecule has 4 atom stereocenters. The Kier molecular flexibility index (Phi) is 6.13. The minimum Gasteiger partial charge on any atom is -0.386 e. The molecule has 2 heterocycles. The van der Waals surface area contributed by atoms with Gasteiger partial charge in [-0.3, -0.25) is 9.09 Å². The summed E-state index contributed by atoms with van der Waals surface area (Å²) in [7, 11) is -10.0. The molecule has 13 nitrogen and oxygen atoms in total. The predicted octanol–water partition coefficient (Wildman–Crippen LogP) is -1.26. The first-order valence-electron chi connectivity index (χ1n) is 6.74. The number of nitrogens with one attached hydrogen (secondary N) is 1. The highest BCUT2D eigenvalue weighted by molar-refractivity contribution is 7.66. The third kappa shape index (κ3) is 5.04. The van der Waals surface area contributed by atoms with Crippen LogP contribution in [0.3, 0.4) is 0 Å². The summed E-state index contributed by atoms with van der Waals surface area (Å²) in [5.41, 5.74) is 4.04. The van der Waals surface area contributed by atoms with E-state index in [9.17, 15) is 28.3 Å². The molecule has 1 unspecified atom stereocenters. The number of nitrogens with zero attached hydrogens (tertiary/aromatic N) is 2. The van der Waals surface area contributed by atoms with E-state index >= 15 is 0 Å². The van der Waals surface area contributed by atoms with Crippen molar-refractivity contribution in [2.24, 2.45) is 0 Å². The number of aromatic nitrogens is 2. The van der Waals surface area contributed by atoms with Crippen molar-refractivity contribution in [3.8, 4) is 0 Å². The molecule has 0 amide bonds. The van der Waals surface area contributed by atoms with Gasteiger partial charge in [-0.2, -0.15) is 4.98 Å². The molecule has 1 aromatic rings.